The van der Waals surface area contributed by atoms with Crippen LogP contribution in [0.1, 0.15) is 66.9 Å². The van der Waals surface area contributed by atoms with Crippen molar-refractivity contribution in [2.75, 3.05) is 26.2 Å². The third-order valence-corrected chi connectivity index (χ3v) is 6.63. The van der Waals surface area contributed by atoms with Gasteiger partial charge in [0.1, 0.15) is 5.82 Å². The average molecular weight is 508 g/mol. The first-order valence-corrected chi connectivity index (χ1v) is 12.7. The minimum atomic E-state index is -3.04. The molecular weight excluding hydrogens is 467 g/mol. The fourth-order valence-electron chi connectivity index (χ4n) is 4.58. The molecule has 0 aromatic heterocycles. The fourth-order valence-corrected chi connectivity index (χ4v) is 4.58. The van der Waals surface area contributed by atoms with E-state index in [1.54, 1.807) is 12.1 Å². The summed E-state index contributed by atoms with van der Waals surface area (Å²) in [6.45, 7) is 13.6. The number of allylic oxidation sites excluding steroid dienone is 4. The first-order valence-electron chi connectivity index (χ1n) is 12.7. The molecule has 1 saturated heterocycles. The van der Waals surface area contributed by atoms with E-state index < -0.39 is 18.6 Å². The smallest absolute Gasteiger partial charge is 0.410 e. The predicted octanol–water partition coefficient (Wildman–Crippen LogP) is 6.95. The van der Waals surface area contributed by atoms with E-state index in [2.05, 4.69) is 4.90 Å². The number of rotatable bonds is 9. The van der Waals surface area contributed by atoms with Gasteiger partial charge in [-0.25, -0.2) is 18.0 Å². The molecule has 0 N–H and O–H groups in total. The van der Waals surface area contributed by atoms with Crippen molar-refractivity contribution in [3.05, 3.63) is 53.0 Å². The van der Waals surface area contributed by atoms with Crippen LogP contribution in [0, 0.1) is 5.82 Å². The average Bonchev–Trinajstić information content (AvgIpc) is 2.86. The number of alkyl halides is 2. The summed E-state index contributed by atoms with van der Waals surface area (Å²) < 4.78 is 47.0. The van der Waals surface area contributed by atoms with Crippen molar-refractivity contribution >= 4 is 17.4 Å². The van der Waals surface area contributed by atoms with Crippen molar-refractivity contribution in [2.45, 2.75) is 79.3 Å². The van der Waals surface area contributed by atoms with Crippen molar-refractivity contribution in [2.24, 2.45) is 4.99 Å². The maximum absolute atomic E-state index is 14.9. The second-order valence-corrected chi connectivity index (χ2v) is 9.18. The summed E-state index contributed by atoms with van der Waals surface area (Å²) >= 11 is 0. The molecule has 0 bridgehead atoms. The molecular formula is C28H40F3N3O2. The van der Waals surface area contributed by atoms with E-state index in [0.29, 0.717) is 31.6 Å². The minimum absolute atomic E-state index is 0.117. The first-order chi connectivity index (χ1) is 17.0. The van der Waals surface area contributed by atoms with Crippen LogP contribution >= 0.6 is 0 Å². The lowest BCUT2D eigenvalue weighted by molar-refractivity contribution is -0.0673. The van der Waals surface area contributed by atoms with Crippen LogP contribution < -0.4 is 0 Å². The molecule has 36 heavy (non-hydrogen) atoms. The van der Waals surface area contributed by atoms with Crippen molar-refractivity contribution < 1.29 is 22.7 Å². The van der Waals surface area contributed by atoms with Gasteiger partial charge in [0.25, 0.3) is 5.92 Å². The quantitative estimate of drug-likeness (QED) is 0.268. The fraction of sp³-hybridized carbons (Fsp3) is 0.571. The minimum Gasteiger partial charge on any atom is -0.443 e. The van der Waals surface area contributed by atoms with Crippen LogP contribution in [0.4, 0.5) is 18.0 Å². The summed E-state index contributed by atoms with van der Waals surface area (Å²) in [5.41, 5.74) is 3.97. The molecule has 200 valence electrons. The third-order valence-electron chi connectivity index (χ3n) is 6.63. The molecule has 0 saturated carbocycles. The molecule has 1 aromatic rings. The molecule has 1 amide bonds. The Morgan fingerprint density at radius 1 is 1.14 bits per heavy atom. The molecule has 1 aromatic carbocycles. The van der Waals surface area contributed by atoms with E-state index in [1.807, 2.05) is 53.7 Å². The zero-order valence-electron chi connectivity index (χ0n) is 22.6. The van der Waals surface area contributed by atoms with Crippen LogP contribution in [0.25, 0.3) is 5.57 Å². The monoisotopic (exact) mass is 507 g/mol. The highest BCUT2D eigenvalue weighted by atomic mass is 19.3. The highest BCUT2D eigenvalue weighted by molar-refractivity contribution is 6.13. The zero-order valence-corrected chi connectivity index (χ0v) is 22.6. The maximum Gasteiger partial charge on any atom is 0.410 e. The van der Waals surface area contributed by atoms with Crippen molar-refractivity contribution in [1.82, 2.24) is 9.80 Å². The number of nitrogens with zero attached hydrogens (tertiary/aromatic N) is 3. The van der Waals surface area contributed by atoms with Gasteiger partial charge in [-0.3, -0.25) is 4.99 Å². The number of amides is 1. The lowest BCUT2D eigenvalue weighted by atomic mass is 9.90. The standard InChI is InChI=1S/C28H40F3N3O2/c1-8-22(23-14-12-13-15-24(23)29)26(25(9-2)32-11-4)21(7)33-16-20(6)34(17-19(33)5)27(35)36-18-28(30,31)10-3/h8,12-15,19-20H,9-11,16-18H2,1-7H3/b22-8-,26-21+,32-25?/t19?,20-/m1/s1. The van der Waals surface area contributed by atoms with Gasteiger partial charge in [0, 0.05) is 60.7 Å². The van der Waals surface area contributed by atoms with E-state index >= 15 is 0 Å². The molecule has 1 aliphatic heterocycles. The normalized spacial score (nSPS) is 20.4. The van der Waals surface area contributed by atoms with Gasteiger partial charge in [0.05, 0.1) is 0 Å². The topological polar surface area (TPSA) is 45.1 Å². The van der Waals surface area contributed by atoms with E-state index in [0.717, 1.165) is 22.6 Å². The zero-order chi connectivity index (χ0) is 27.0. The summed E-state index contributed by atoms with van der Waals surface area (Å²) in [6, 6.07) is 6.31. The predicted molar refractivity (Wildman–Crippen MR) is 140 cm³/mol. The molecule has 2 atom stereocenters. The Labute approximate surface area is 213 Å². The second kappa shape index (κ2) is 13.0. The van der Waals surface area contributed by atoms with Gasteiger partial charge >= 0.3 is 6.09 Å². The molecule has 0 spiro atoms. The largest absolute Gasteiger partial charge is 0.443 e. The van der Waals surface area contributed by atoms with Crippen molar-refractivity contribution in [3.8, 4) is 0 Å². The molecule has 5 nitrogen and oxygen atoms in total. The van der Waals surface area contributed by atoms with E-state index in [4.69, 9.17) is 9.73 Å². The van der Waals surface area contributed by atoms with Crippen LogP contribution in [-0.2, 0) is 4.74 Å². The highest BCUT2D eigenvalue weighted by Gasteiger charge is 2.36. The summed E-state index contributed by atoms with van der Waals surface area (Å²) in [5, 5.41) is 0. The van der Waals surface area contributed by atoms with Crippen LogP contribution in [0.2, 0.25) is 0 Å². The van der Waals surface area contributed by atoms with Crippen molar-refractivity contribution in [1.29, 1.82) is 0 Å². The van der Waals surface area contributed by atoms with Crippen molar-refractivity contribution in [3.63, 3.8) is 0 Å². The lowest BCUT2D eigenvalue weighted by Crippen LogP contribution is -2.57. The van der Waals surface area contributed by atoms with E-state index in [-0.39, 0.29) is 24.3 Å². The number of aliphatic imine (C=N–C) groups is 1. The van der Waals surface area contributed by atoms with Gasteiger partial charge in [-0.1, -0.05) is 38.1 Å². The number of hydrogen-bond acceptors (Lipinski definition) is 4. The molecule has 1 heterocycles. The SMILES string of the molecule is C/C=C(\C(C(CC)=NCC)=C(\C)N1C[C@@H](C)N(C(=O)OCC(F)(F)CC)CC1C)c1ccccc1F. The van der Waals surface area contributed by atoms with Gasteiger partial charge < -0.3 is 14.5 Å². The molecule has 0 radical (unpaired) electrons. The number of halogens is 3. The summed E-state index contributed by atoms with van der Waals surface area (Å²) in [7, 11) is 0. The van der Waals surface area contributed by atoms with Crippen LogP contribution in [0.3, 0.4) is 0 Å². The van der Waals surface area contributed by atoms with Gasteiger partial charge in [0.15, 0.2) is 6.61 Å². The third kappa shape index (κ3) is 6.92. The molecule has 0 aliphatic carbocycles. The first kappa shape index (κ1) is 29.5. The van der Waals surface area contributed by atoms with Gasteiger partial charge in [0.2, 0.25) is 0 Å². The number of benzene rings is 1. The Hall–Kier alpha value is -2.77. The lowest BCUT2D eigenvalue weighted by Gasteiger charge is -2.45. The van der Waals surface area contributed by atoms with Crippen LogP contribution in [0.5, 0.6) is 0 Å². The Morgan fingerprint density at radius 2 is 1.75 bits per heavy atom. The van der Waals surface area contributed by atoms with Gasteiger partial charge in [-0.2, -0.15) is 0 Å². The number of hydrogen-bond donors (Lipinski definition) is 0. The Morgan fingerprint density at radius 3 is 2.31 bits per heavy atom. The Bertz CT molecular complexity index is 1000. The summed E-state index contributed by atoms with van der Waals surface area (Å²) in [5.74, 6) is -3.34. The molecule has 8 heteroatoms. The van der Waals surface area contributed by atoms with Crippen LogP contribution in [-0.4, -0.2) is 65.9 Å². The van der Waals surface area contributed by atoms with E-state index in [9.17, 15) is 18.0 Å². The summed E-state index contributed by atoms with van der Waals surface area (Å²) in [4.78, 5) is 21.1. The molecule has 1 aliphatic rings. The van der Waals surface area contributed by atoms with E-state index in [1.165, 1.54) is 17.9 Å². The Kier molecular flexibility index (Phi) is 10.6. The second-order valence-electron chi connectivity index (χ2n) is 9.18. The maximum atomic E-state index is 14.9. The number of ether oxygens (including phenoxy) is 1. The highest BCUT2D eigenvalue weighted by Crippen LogP contribution is 2.33. The molecule has 1 unspecified atom stereocenters. The van der Waals surface area contributed by atoms with Gasteiger partial charge in [-0.15, -0.1) is 0 Å². The number of piperazine rings is 1. The van der Waals surface area contributed by atoms with Crippen LogP contribution in [0.15, 0.2) is 46.6 Å². The number of carbonyl (C=O) groups excluding carboxylic acids is 1. The molecule has 1 fully saturated rings. The Balaban J connectivity index is 2.44. The summed E-state index contributed by atoms with van der Waals surface area (Å²) in [6.07, 6.45) is 1.47. The number of carbonyl (C=O) groups is 1. The molecule has 2 rings (SSSR count). The van der Waals surface area contributed by atoms with Gasteiger partial charge in [-0.05, 0) is 52.7 Å².